The van der Waals surface area contributed by atoms with Gasteiger partial charge in [0.2, 0.25) is 0 Å². The molecule has 2 amide bonds. The van der Waals surface area contributed by atoms with Crippen molar-refractivity contribution in [3.05, 3.63) is 115 Å². The van der Waals surface area contributed by atoms with Crippen LogP contribution in [0.4, 0.5) is 15.8 Å². The third-order valence-electron chi connectivity index (χ3n) is 5.68. The molecule has 3 aromatic carbocycles. The molecule has 1 aliphatic heterocycles. The molecular formula is C26H17Cl2FN2O2S. The summed E-state index contributed by atoms with van der Waals surface area (Å²) in [5, 5.41) is 5.01. The smallest absolute Gasteiger partial charge is 0.260 e. The first-order valence-corrected chi connectivity index (χ1v) is 12.1. The second kappa shape index (κ2) is 9.22. The van der Waals surface area contributed by atoms with Gasteiger partial charge in [0.25, 0.3) is 11.8 Å². The second-order valence-electron chi connectivity index (χ2n) is 7.84. The van der Waals surface area contributed by atoms with Gasteiger partial charge in [0.1, 0.15) is 5.82 Å². The largest absolute Gasteiger partial charge is 0.322 e. The van der Waals surface area contributed by atoms with Crippen molar-refractivity contribution < 1.29 is 14.0 Å². The van der Waals surface area contributed by atoms with E-state index in [9.17, 15) is 14.0 Å². The number of anilines is 2. The lowest BCUT2D eigenvalue weighted by Gasteiger charge is -2.23. The number of amides is 2. The van der Waals surface area contributed by atoms with E-state index in [1.54, 1.807) is 28.4 Å². The van der Waals surface area contributed by atoms with E-state index in [-0.39, 0.29) is 21.5 Å². The van der Waals surface area contributed by atoms with Crippen molar-refractivity contribution in [2.75, 3.05) is 10.2 Å². The first-order valence-electron chi connectivity index (χ1n) is 10.4. The van der Waals surface area contributed by atoms with Crippen LogP contribution in [0.25, 0.3) is 0 Å². The van der Waals surface area contributed by atoms with Crippen molar-refractivity contribution in [2.45, 2.75) is 13.0 Å². The molecule has 0 fully saturated rings. The molecule has 1 aromatic heterocycles. The number of thiophene rings is 1. The molecule has 0 aliphatic carbocycles. The molecular weight excluding hydrogens is 494 g/mol. The van der Waals surface area contributed by atoms with Gasteiger partial charge < -0.3 is 10.2 Å². The molecule has 1 aliphatic rings. The van der Waals surface area contributed by atoms with E-state index in [1.165, 1.54) is 23.8 Å². The third-order valence-corrected chi connectivity index (χ3v) is 7.27. The van der Waals surface area contributed by atoms with Crippen molar-refractivity contribution >= 4 is 57.7 Å². The normalized spacial score (nSPS) is 12.5. The highest BCUT2D eigenvalue weighted by Crippen LogP contribution is 2.35. The number of carbonyl (C=O) groups is 2. The van der Waals surface area contributed by atoms with Crippen LogP contribution in [0.2, 0.25) is 10.0 Å². The predicted molar refractivity (Wildman–Crippen MR) is 135 cm³/mol. The number of nitrogens with zero attached hydrogens (tertiary/aromatic N) is 1. The number of hydrogen-bond acceptors (Lipinski definition) is 3. The summed E-state index contributed by atoms with van der Waals surface area (Å²) >= 11 is 14.1. The van der Waals surface area contributed by atoms with Crippen LogP contribution in [0.1, 0.15) is 36.7 Å². The number of fused-ring (bicyclic) bond motifs is 2. The average Bonchev–Trinajstić information content (AvgIpc) is 3.19. The lowest BCUT2D eigenvalue weighted by Crippen LogP contribution is -2.30. The zero-order valence-corrected chi connectivity index (χ0v) is 20.0. The maximum absolute atomic E-state index is 13.6. The van der Waals surface area contributed by atoms with Gasteiger partial charge in [0, 0.05) is 22.7 Å². The minimum Gasteiger partial charge on any atom is -0.322 e. The van der Waals surface area contributed by atoms with Gasteiger partial charge in [0.05, 0.1) is 27.7 Å². The fraction of sp³-hybridized carbons (Fsp3) is 0.0769. The predicted octanol–water partition coefficient (Wildman–Crippen LogP) is 7.20. The van der Waals surface area contributed by atoms with E-state index >= 15 is 0 Å². The van der Waals surface area contributed by atoms with Crippen LogP contribution >= 0.6 is 34.5 Å². The van der Waals surface area contributed by atoms with Crippen LogP contribution in [0.3, 0.4) is 0 Å². The van der Waals surface area contributed by atoms with Crippen molar-refractivity contribution in [2.24, 2.45) is 0 Å². The van der Waals surface area contributed by atoms with Crippen molar-refractivity contribution in [3.8, 4) is 0 Å². The molecule has 2 heterocycles. The van der Waals surface area contributed by atoms with E-state index in [0.29, 0.717) is 17.8 Å². The average molecular weight is 511 g/mol. The van der Waals surface area contributed by atoms with Crippen LogP contribution in [-0.4, -0.2) is 11.8 Å². The molecule has 0 saturated heterocycles. The summed E-state index contributed by atoms with van der Waals surface area (Å²) in [7, 11) is 0. The quantitative estimate of drug-likeness (QED) is 0.316. The van der Waals surface area contributed by atoms with E-state index in [1.807, 2.05) is 29.6 Å². The SMILES string of the molecule is O=C(Nc1ccc(C(=O)N2Cc3sccc3Cc3ccccc32)c(Cl)c1)c1cc(F)ccc1Cl. The Balaban J connectivity index is 1.43. The zero-order chi connectivity index (χ0) is 23.8. The molecule has 5 rings (SSSR count). The molecule has 1 N–H and O–H groups in total. The molecule has 34 heavy (non-hydrogen) atoms. The Kier molecular flexibility index (Phi) is 6.13. The van der Waals surface area contributed by atoms with E-state index in [2.05, 4.69) is 11.4 Å². The number of nitrogens with one attached hydrogen (secondary N) is 1. The third kappa shape index (κ3) is 4.32. The zero-order valence-electron chi connectivity index (χ0n) is 17.6. The van der Waals surface area contributed by atoms with Crippen LogP contribution in [0.15, 0.2) is 72.1 Å². The van der Waals surface area contributed by atoms with Gasteiger partial charge in [-0.1, -0.05) is 41.4 Å². The first kappa shape index (κ1) is 22.6. The molecule has 170 valence electrons. The maximum atomic E-state index is 13.6. The number of benzene rings is 3. The standard InChI is InChI=1S/C26H17Cl2FN2O2S/c27-21-8-5-17(29)12-20(21)25(32)30-18-6-7-19(22(28)13-18)26(33)31-14-24-16(9-10-34-24)11-15-3-1-2-4-23(15)31/h1-10,12-13H,11,14H2,(H,30,32). The first-order chi connectivity index (χ1) is 16.4. The van der Waals surface area contributed by atoms with Crippen LogP contribution in [0.5, 0.6) is 0 Å². The lowest BCUT2D eigenvalue weighted by molar-refractivity contribution is 0.0984. The molecule has 0 atom stereocenters. The summed E-state index contributed by atoms with van der Waals surface area (Å²) < 4.78 is 13.5. The molecule has 0 saturated carbocycles. The Morgan fingerprint density at radius 3 is 2.56 bits per heavy atom. The molecule has 0 spiro atoms. The summed E-state index contributed by atoms with van der Waals surface area (Å²) in [6, 6.07) is 18.2. The van der Waals surface area contributed by atoms with E-state index < -0.39 is 11.7 Å². The van der Waals surface area contributed by atoms with Crippen molar-refractivity contribution in [1.82, 2.24) is 0 Å². The van der Waals surface area contributed by atoms with Crippen LogP contribution in [0, 0.1) is 5.82 Å². The molecule has 4 nitrogen and oxygen atoms in total. The number of para-hydroxylation sites is 1. The lowest BCUT2D eigenvalue weighted by atomic mass is 10.1. The fourth-order valence-electron chi connectivity index (χ4n) is 3.98. The summed E-state index contributed by atoms with van der Waals surface area (Å²) in [5.41, 5.74) is 3.82. The number of rotatable bonds is 3. The highest BCUT2D eigenvalue weighted by atomic mass is 35.5. The summed E-state index contributed by atoms with van der Waals surface area (Å²) in [6.07, 6.45) is 0.764. The van der Waals surface area contributed by atoms with Gasteiger partial charge in [0.15, 0.2) is 0 Å². The summed E-state index contributed by atoms with van der Waals surface area (Å²) in [6.45, 7) is 0.454. The van der Waals surface area contributed by atoms with Gasteiger partial charge in [-0.3, -0.25) is 9.59 Å². The van der Waals surface area contributed by atoms with E-state index in [0.717, 1.165) is 28.6 Å². The second-order valence-corrected chi connectivity index (χ2v) is 9.65. The Hall–Kier alpha value is -3.19. The number of carbonyl (C=O) groups excluding carboxylic acids is 2. The number of halogens is 3. The Morgan fingerprint density at radius 2 is 1.74 bits per heavy atom. The maximum Gasteiger partial charge on any atom is 0.260 e. The molecule has 4 aromatic rings. The van der Waals surface area contributed by atoms with Gasteiger partial charge in [-0.2, -0.15) is 0 Å². The molecule has 0 unspecified atom stereocenters. The fourth-order valence-corrected chi connectivity index (χ4v) is 5.34. The monoisotopic (exact) mass is 510 g/mol. The van der Waals surface area contributed by atoms with Gasteiger partial charge in [-0.15, -0.1) is 11.3 Å². The molecule has 0 radical (unpaired) electrons. The highest BCUT2D eigenvalue weighted by Gasteiger charge is 2.27. The van der Waals surface area contributed by atoms with Crippen LogP contribution in [-0.2, 0) is 13.0 Å². The van der Waals surface area contributed by atoms with Crippen molar-refractivity contribution in [1.29, 1.82) is 0 Å². The minimum absolute atomic E-state index is 0.00543. The number of hydrogen-bond donors (Lipinski definition) is 1. The van der Waals surface area contributed by atoms with E-state index in [4.69, 9.17) is 23.2 Å². The molecule has 8 heteroatoms. The van der Waals surface area contributed by atoms with Gasteiger partial charge >= 0.3 is 0 Å². The van der Waals surface area contributed by atoms with Gasteiger partial charge in [-0.25, -0.2) is 4.39 Å². The highest BCUT2D eigenvalue weighted by molar-refractivity contribution is 7.10. The summed E-state index contributed by atoms with van der Waals surface area (Å²) in [5.74, 6) is -1.38. The van der Waals surface area contributed by atoms with Crippen LogP contribution < -0.4 is 10.2 Å². The Morgan fingerprint density at radius 1 is 0.912 bits per heavy atom. The molecule has 0 bridgehead atoms. The minimum atomic E-state index is -0.577. The Labute approximate surface area is 209 Å². The summed E-state index contributed by atoms with van der Waals surface area (Å²) in [4.78, 5) is 29.0. The Bertz CT molecular complexity index is 1440. The topological polar surface area (TPSA) is 49.4 Å². The van der Waals surface area contributed by atoms with Gasteiger partial charge in [-0.05, 0) is 65.0 Å². The van der Waals surface area contributed by atoms with Crippen molar-refractivity contribution in [3.63, 3.8) is 0 Å².